The van der Waals surface area contributed by atoms with Gasteiger partial charge in [-0.2, -0.15) is 10.2 Å². The third-order valence-electron chi connectivity index (χ3n) is 6.16. The molecule has 2 aliphatic carbocycles. The summed E-state index contributed by atoms with van der Waals surface area (Å²) in [6.45, 7) is 5.51. The van der Waals surface area contributed by atoms with Crippen LogP contribution in [0.3, 0.4) is 0 Å². The number of hydrogen-bond acceptors (Lipinski definition) is 3. The fourth-order valence-corrected chi connectivity index (χ4v) is 4.67. The first-order chi connectivity index (χ1) is 13.7. The lowest BCUT2D eigenvalue weighted by molar-refractivity contribution is 0.0830. The Morgan fingerprint density at radius 1 is 1.07 bits per heavy atom. The second-order valence-corrected chi connectivity index (χ2v) is 7.69. The zero-order valence-electron chi connectivity index (χ0n) is 15.6. The minimum absolute atomic E-state index is 0.261. The molecule has 2 aromatic carbocycles. The van der Waals surface area contributed by atoms with Crippen LogP contribution in [0.15, 0.2) is 72.8 Å². The van der Waals surface area contributed by atoms with Crippen molar-refractivity contribution in [1.29, 1.82) is 0 Å². The highest BCUT2D eigenvalue weighted by atomic mass is 19.1. The SMILES string of the molecule is C=C1[C@@H]2CC[C@@]1(COCc1ccccc1)c1nnc(-c3ccccc3F)cc12. The first-order valence-corrected chi connectivity index (χ1v) is 9.63. The van der Waals surface area contributed by atoms with Gasteiger partial charge in [-0.1, -0.05) is 54.6 Å². The third-order valence-corrected chi connectivity index (χ3v) is 6.16. The van der Waals surface area contributed by atoms with Gasteiger partial charge in [0.05, 0.1) is 30.0 Å². The molecule has 1 fully saturated rings. The van der Waals surface area contributed by atoms with Crippen LogP contribution in [0.1, 0.15) is 35.6 Å². The molecule has 2 aliphatic rings. The monoisotopic (exact) mass is 372 g/mol. The Hall–Kier alpha value is -2.85. The van der Waals surface area contributed by atoms with Crippen molar-refractivity contribution in [3.05, 3.63) is 95.5 Å². The van der Waals surface area contributed by atoms with E-state index < -0.39 is 0 Å². The second-order valence-electron chi connectivity index (χ2n) is 7.69. The Kier molecular flexibility index (Phi) is 4.09. The summed E-state index contributed by atoms with van der Waals surface area (Å²) in [5, 5.41) is 8.91. The molecule has 1 saturated carbocycles. The fraction of sp³-hybridized carbons (Fsp3) is 0.250. The van der Waals surface area contributed by atoms with Crippen LogP contribution < -0.4 is 0 Å². The molecule has 0 radical (unpaired) electrons. The first-order valence-electron chi connectivity index (χ1n) is 9.63. The maximum absolute atomic E-state index is 14.2. The topological polar surface area (TPSA) is 35.0 Å². The lowest BCUT2D eigenvalue weighted by Crippen LogP contribution is -2.30. The van der Waals surface area contributed by atoms with Crippen molar-refractivity contribution in [3.8, 4) is 11.3 Å². The quantitative estimate of drug-likeness (QED) is 0.579. The number of aromatic nitrogens is 2. The van der Waals surface area contributed by atoms with Gasteiger partial charge in [0, 0.05) is 11.5 Å². The van der Waals surface area contributed by atoms with Gasteiger partial charge in [-0.05, 0) is 42.2 Å². The molecule has 1 heterocycles. The standard InChI is InChI=1S/C24H21FN2O/c1-16-18-11-12-24(16,15-28-14-17-7-3-2-4-8-17)23-20(18)13-22(26-27-23)19-9-5-6-10-21(19)25/h2-10,13,18H,1,11-12,14-15H2/t18-,24-/m0/s1. The maximum Gasteiger partial charge on any atom is 0.132 e. The zero-order valence-corrected chi connectivity index (χ0v) is 15.6. The van der Waals surface area contributed by atoms with Gasteiger partial charge in [0.1, 0.15) is 5.82 Å². The molecule has 28 heavy (non-hydrogen) atoms. The fourth-order valence-electron chi connectivity index (χ4n) is 4.67. The molecular formula is C24H21FN2O. The summed E-state index contributed by atoms with van der Waals surface area (Å²) in [6.07, 6.45) is 2.01. The van der Waals surface area contributed by atoms with Gasteiger partial charge in [0.2, 0.25) is 0 Å². The summed E-state index contributed by atoms with van der Waals surface area (Å²) in [5.74, 6) is -0.0176. The highest BCUT2D eigenvalue weighted by Gasteiger charge is 2.54. The lowest BCUT2D eigenvalue weighted by Gasteiger charge is -2.27. The van der Waals surface area contributed by atoms with Gasteiger partial charge in [-0.15, -0.1) is 0 Å². The summed E-state index contributed by atoms with van der Waals surface area (Å²) in [4.78, 5) is 0. The van der Waals surface area contributed by atoms with E-state index in [4.69, 9.17) is 4.74 Å². The number of nitrogens with zero attached hydrogens (tertiary/aromatic N) is 2. The number of rotatable bonds is 5. The van der Waals surface area contributed by atoms with E-state index >= 15 is 0 Å². The van der Waals surface area contributed by atoms with Crippen molar-refractivity contribution < 1.29 is 9.13 Å². The Morgan fingerprint density at radius 2 is 1.86 bits per heavy atom. The van der Waals surface area contributed by atoms with Crippen LogP contribution in [-0.4, -0.2) is 16.8 Å². The zero-order chi connectivity index (χ0) is 19.1. The van der Waals surface area contributed by atoms with Crippen LogP contribution in [-0.2, 0) is 16.8 Å². The molecule has 0 unspecified atom stereocenters. The highest BCUT2D eigenvalue weighted by Crippen LogP contribution is 2.59. The predicted molar refractivity (Wildman–Crippen MR) is 106 cm³/mol. The smallest absolute Gasteiger partial charge is 0.132 e. The molecular weight excluding hydrogens is 351 g/mol. The van der Waals surface area contributed by atoms with Crippen molar-refractivity contribution in [1.82, 2.24) is 10.2 Å². The normalized spacial score (nSPS) is 22.5. The van der Waals surface area contributed by atoms with Gasteiger partial charge in [-0.25, -0.2) is 4.39 Å². The largest absolute Gasteiger partial charge is 0.375 e. The number of ether oxygens (including phenoxy) is 1. The van der Waals surface area contributed by atoms with E-state index in [9.17, 15) is 4.39 Å². The van der Waals surface area contributed by atoms with E-state index in [0.29, 0.717) is 24.5 Å². The van der Waals surface area contributed by atoms with E-state index in [1.807, 2.05) is 30.3 Å². The second kappa shape index (κ2) is 6.64. The van der Waals surface area contributed by atoms with Gasteiger partial charge in [0.15, 0.2) is 0 Å². The Morgan fingerprint density at radius 3 is 2.68 bits per heavy atom. The van der Waals surface area contributed by atoms with E-state index in [0.717, 1.165) is 35.2 Å². The van der Waals surface area contributed by atoms with Crippen molar-refractivity contribution in [2.45, 2.75) is 30.8 Å². The van der Waals surface area contributed by atoms with E-state index in [1.54, 1.807) is 12.1 Å². The van der Waals surface area contributed by atoms with Crippen molar-refractivity contribution >= 4 is 0 Å². The van der Waals surface area contributed by atoms with Crippen LogP contribution in [0, 0.1) is 5.82 Å². The highest BCUT2D eigenvalue weighted by molar-refractivity contribution is 5.64. The molecule has 0 N–H and O–H groups in total. The molecule has 0 saturated heterocycles. The molecule has 3 nitrogen and oxygen atoms in total. The number of halogens is 1. The Labute approximate surface area is 163 Å². The number of fused-ring (bicyclic) bond motifs is 5. The Bertz CT molecular complexity index is 1050. The van der Waals surface area contributed by atoms with Crippen LogP contribution in [0.2, 0.25) is 0 Å². The molecule has 0 aliphatic heterocycles. The summed E-state index contributed by atoms with van der Waals surface area (Å²) in [7, 11) is 0. The van der Waals surface area contributed by atoms with Gasteiger partial charge >= 0.3 is 0 Å². The van der Waals surface area contributed by atoms with Crippen LogP contribution in [0.4, 0.5) is 4.39 Å². The van der Waals surface area contributed by atoms with Crippen molar-refractivity contribution in [2.75, 3.05) is 6.61 Å². The third kappa shape index (κ3) is 2.60. The van der Waals surface area contributed by atoms with E-state index in [-0.39, 0.29) is 17.2 Å². The van der Waals surface area contributed by atoms with Crippen LogP contribution in [0.25, 0.3) is 11.3 Å². The molecule has 0 spiro atoms. The molecule has 4 heteroatoms. The molecule has 5 rings (SSSR count). The first kappa shape index (κ1) is 17.3. The predicted octanol–water partition coefficient (Wildman–Crippen LogP) is 5.18. The summed E-state index contributed by atoms with van der Waals surface area (Å²) in [6, 6.07) is 18.8. The number of benzene rings is 2. The molecule has 3 aromatic rings. The van der Waals surface area contributed by atoms with Gasteiger partial charge in [-0.3, -0.25) is 0 Å². The maximum atomic E-state index is 14.2. The molecule has 1 aromatic heterocycles. The van der Waals surface area contributed by atoms with Gasteiger partial charge < -0.3 is 4.74 Å². The number of hydrogen-bond donors (Lipinski definition) is 0. The van der Waals surface area contributed by atoms with Crippen LogP contribution in [0.5, 0.6) is 0 Å². The van der Waals surface area contributed by atoms with E-state index in [2.05, 4.69) is 28.9 Å². The van der Waals surface area contributed by atoms with Gasteiger partial charge in [0.25, 0.3) is 0 Å². The average molecular weight is 372 g/mol. The van der Waals surface area contributed by atoms with Crippen molar-refractivity contribution in [3.63, 3.8) is 0 Å². The molecule has 2 atom stereocenters. The van der Waals surface area contributed by atoms with E-state index in [1.165, 1.54) is 6.07 Å². The summed E-state index contributed by atoms with van der Waals surface area (Å²) < 4.78 is 20.3. The molecule has 0 amide bonds. The minimum atomic E-state index is -0.278. The van der Waals surface area contributed by atoms with Crippen molar-refractivity contribution in [2.24, 2.45) is 0 Å². The lowest BCUT2D eigenvalue weighted by atomic mass is 9.82. The average Bonchev–Trinajstić information content (AvgIpc) is 3.17. The van der Waals surface area contributed by atoms with Crippen LogP contribution >= 0.6 is 0 Å². The Balaban J connectivity index is 1.44. The molecule has 2 bridgehead atoms. The summed E-state index contributed by atoms with van der Waals surface area (Å²) >= 11 is 0. The summed E-state index contributed by atoms with van der Waals surface area (Å²) in [5.41, 5.74) is 5.21. The molecule has 140 valence electrons. The minimum Gasteiger partial charge on any atom is -0.375 e.